The Morgan fingerprint density at radius 1 is 1.05 bits per heavy atom. The summed E-state index contributed by atoms with van der Waals surface area (Å²) in [5, 5.41) is 6.31. The third kappa shape index (κ3) is 3.65. The molecule has 2 aromatic carbocycles. The molecule has 2 N–H and O–H groups in total. The highest BCUT2D eigenvalue weighted by Crippen LogP contribution is 2.16. The molecule has 22 heavy (non-hydrogen) atoms. The maximum Gasteiger partial charge on any atom is 0.251 e. The van der Waals surface area contributed by atoms with Gasteiger partial charge in [0.1, 0.15) is 0 Å². The van der Waals surface area contributed by atoms with Crippen molar-refractivity contribution >= 4 is 11.6 Å². The van der Waals surface area contributed by atoms with E-state index >= 15 is 0 Å². The molecule has 1 amide bonds. The minimum Gasteiger partial charge on any atom is -0.369 e. The number of carbonyl (C=O) groups excluding carboxylic acids is 1. The molecular weight excluding hydrogens is 274 g/mol. The van der Waals surface area contributed by atoms with Gasteiger partial charge in [0.15, 0.2) is 0 Å². The van der Waals surface area contributed by atoms with E-state index in [2.05, 4.69) is 21.6 Å². The lowest BCUT2D eigenvalue weighted by Gasteiger charge is -2.29. The summed E-state index contributed by atoms with van der Waals surface area (Å²) < 4.78 is 0. The average Bonchev–Trinajstić information content (AvgIpc) is 2.61. The fourth-order valence-electron chi connectivity index (χ4n) is 2.65. The fraction of sp³-hybridized carbons (Fsp3) is 0.278. The van der Waals surface area contributed by atoms with Gasteiger partial charge in [0.2, 0.25) is 0 Å². The fourth-order valence-corrected chi connectivity index (χ4v) is 2.65. The largest absolute Gasteiger partial charge is 0.369 e. The van der Waals surface area contributed by atoms with Crippen LogP contribution in [0.1, 0.15) is 15.9 Å². The summed E-state index contributed by atoms with van der Waals surface area (Å²) in [6, 6.07) is 17.8. The quantitative estimate of drug-likeness (QED) is 0.907. The molecule has 0 atom stereocenters. The summed E-state index contributed by atoms with van der Waals surface area (Å²) in [5.74, 6) is -0.0270. The Hall–Kier alpha value is -2.33. The van der Waals surface area contributed by atoms with Gasteiger partial charge in [-0.3, -0.25) is 4.79 Å². The smallest absolute Gasteiger partial charge is 0.251 e. The molecule has 0 aromatic heterocycles. The SMILES string of the molecule is O=C(NCc1ccccc1)c1cccc(N2CCNCC2)c1. The van der Waals surface area contributed by atoms with Crippen molar-refractivity contribution in [2.24, 2.45) is 0 Å². The van der Waals surface area contributed by atoms with Crippen molar-refractivity contribution < 1.29 is 4.79 Å². The van der Waals surface area contributed by atoms with Crippen LogP contribution in [0.4, 0.5) is 5.69 Å². The van der Waals surface area contributed by atoms with Crippen LogP contribution in [0.15, 0.2) is 54.6 Å². The van der Waals surface area contributed by atoms with Crippen LogP contribution >= 0.6 is 0 Å². The van der Waals surface area contributed by atoms with Crippen LogP contribution in [-0.4, -0.2) is 32.1 Å². The van der Waals surface area contributed by atoms with Gasteiger partial charge in [-0.15, -0.1) is 0 Å². The summed E-state index contributed by atoms with van der Waals surface area (Å²) in [6.45, 7) is 4.50. The van der Waals surface area contributed by atoms with Gasteiger partial charge >= 0.3 is 0 Å². The summed E-state index contributed by atoms with van der Waals surface area (Å²) in [4.78, 5) is 14.6. The van der Waals surface area contributed by atoms with E-state index in [9.17, 15) is 4.79 Å². The molecule has 1 heterocycles. The first kappa shape index (κ1) is 14.6. The standard InChI is InChI=1S/C18H21N3O/c22-18(20-14-15-5-2-1-3-6-15)16-7-4-8-17(13-16)21-11-9-19-10-12-21/h1-8,13,19H,9-12,14H2,(H,20,22). The summed E-state index contributed by atoms with van der Waals surface area (Å²) in [5.41, 5.74) is 2.94. The van der Waals surface area contributed by atoms with Crippen LogP contribution < -0.4 is 15.5 Å². The van der Waals surface area contributed by atoms with Crippen LogP contribution in [0.25, 0.3) is 0 Å². The first-order valence-electron chi connectivity index (χ1n) is 7.71. The van der Waals surface area contributed by atoms with E-state index in [4.69, 9.17) is 0 Å². The van der Waals surface area contributed by atoms with Gasteiger partial charge in [0, 0.05) is 44.0 Å². The number of hydrogen-bond donors (Lipinski definition) is 2. The second kappa shape index (κ2) is 7.09. The molecule has 0 aliphatic carbocycles. The van der Waals surface area contributed by atoms with E-state index in [1.165, 1.54) is 0 Å². The normalized spacial score (nSPS) is 14.6. The first-order valence-corrected chi connectivity index (χ1v) is 7.71. The number of nitrogens with one attached hydrogen (secondary N) is 2. The van der Waals surface area contributed by atoms with E-state index < -0.39 is 0 Å². The van der Waals surface area contributed by atoms with Crippen LogP contribution in [0.2, 0.25) is 0 Å². The Balaban J connectivity index is 1.64. The molecule has 0 unspecified atom stereocenters. The molecule has 0 saturated carbocycles. The number of piperazine rings is 1. The van der Waals surface area contributed by atoms with E-state index in [0.717, 1.165) is 37.4 Å². The van der Waals surface area contributed by atoms with Crippen molar-refractivity contribution in [3.63, 3.8) is 0 Å². The molecule has 0 bridgehead atoms. The van der Waals surface area contributed by atoms with Crippen LogP contribution in [-0.2, 0) is 6.54 Å². The zero-order chi connectivity index (χ0) is 15.2. The van der Waals surface area contributed by atoms with Gasteiger partial charge in [-0.1, -0.05) is 36.4 Å². The highest BCUT2D eigenvalue weighted by molar-refractivity contribution is 5.95. The van der Waals surface area contributed by atoms with Crippen molar-refractivity contribution in [2.75, 3.05) is 31.1 Å². The number of rotatable bonds is 4. The molecule has 3 rings (SSSR count). The predicted octanol–water partition coefficient (Wildman–Crippen LogP) is 2.03. The summed E-state index contributed by atoms with van der Waals surface area (Å²) in [7, 11) is 0. The van der Waals surface area contributed by atoms with E-state index in [0.29, 0.717) is 12.1 Å². The Kier molecular flexibility index (Phi) is 4.71. The zero-order valence-electron chi connectivity index (χ0n) is 12.6. The number of nitrogens with zero attached hydrogens (tertiary/aromatic N) is 1. The molecular formula is C18H21N3O. The number of amides is 1. The highest BCUT2D eigenvalue weighted by Gasteiger charge is 2.12. The Bertz CT molecular complexity index is 621. The van der Waals surface area contributed by atoms with E-state index in [1.807, 2.05) is 48.5 Å². The van der Waals surface area contributed by atoms with Crippen molar-refractivity contribution in [1.29, 1.82) is 0 Å². The van der Waals surface area contributed by atoms with Crippen LogP contribution in [0, 0.1) is 0 Å². The maximum absolute atomic E-state index is 12.3. The Morgan fingerprint density at radius 3 is 2.59 bits per heavy atom. The number of anilines is 1. The van der Waals surface area contributed by atoms with Crippen molar-refractivity contribution in [1.82, 2.24) is 10.6 Å². The number of carbonyl (C=O) groups is 1. The monoisotopic (exact) mass is 295 g/mol. The van der Waals surface area contributed by atoms with Gasteiger partial charge in [-0.05, 0) is 23.8 Å². The summed E-state index contributed by atoms with van der Waals surface area (Å²) in [6.07, 6.45) is 0. The molecule has 4 nitrogen and oxygen atoms in total. The third-order valence-electron chi connectivity index (χ3n) is 3.89. The number of benzene rings is 2. The molecule has 1 saturated heterocycles. The number of hydrogen-bond acceptors (Lipinski definition) is 3. The van der Waals surface area contributed by atoms with Crippen LogP contribution in [0.3, 0.4) is 0 Å². The molecule has 4 heteroatoms. The topological polar surface area (TPSA) is 44.4 Å². The minimum atomic E-state index is -0.0270. The van der Waals surface area contributed by atoms with Gasteiger partial charge in [-0.25, -0.2) is 0 Å². The average molecular weight is 295 g/mol. The summed E-state index contributed by atoms with van der Waals surface area (Å²) >= 11 is 0. The van der Waals surface area contributed by atoms with Crippen molar-refractivity contribution in [3.05, 3.63) is 65.7 Å². The molecule has 0 spiro atoms. The van der Waals surface area contributed by atoms with Gasteiger partial charge in [0.05, 0.1) is 0 Å². The highest BCUT2D eigenvalue weighted by atomic mass is 16.1. The van der Waals surface area contributed by atoms with Crippen molar-refractivity contribution in [3.8, 4) is 0 Å². The lowest BCUT2D eigenvalue weighted by Crippen LogP contribution is -2.43. The molecule has 114 valence electrons. The lowest BCUT2D eigenvalue weighted by atomic mass is 10.1. The van der Waals surface area contributed by atoms with Crippen molar-refractivity contribution in [2.45, 2.75) is 6.54 Å². The molecule has 2 aromatic rings. The van der Waals surface area contributed by atoms with E-state index in [1.54, 1.807) is 0 Å². The Labute approximate surface area is 131 Å². The minimum absolute atomic E-state index is 0.0270. The maximum atomic E-state index is 12.3. The molecule has 1 fully saturated rings. The Morgan fingerprint density at radius 2 is 1.82 bits per heavy atom. The van der Waals surface area contributed by atoms with Gasteiger partial charge in [0.25, 0.3) is 5.91 Å². The zero-order valence-corrected chi connectivity index (χ0v) is 12.6. The van der Waals surface area contributed by atoms with Gasteiger partial charge < -0.3 is 15.5 Å². The van der Waals surface area contributed by atoms with Gasteiger partial charge in [-0.2, -0.15) is 0 Å². The molecule has 1 aliphatic rings. The second-order valence-corrected chi connectivity index (χ2v) is 5.46. The predicted molar refractivity (Wildman–Crippen MR) is 89.1 cm³/mol. The lowest BCUT2D eigenvalue weighted by molar-refractivity contribution is 0.0951. The third-order valence-corrected chi connectivity index (χ3v) is 3.89. The molecule has 1 aliphatic heterocycles. The first-order chi connectivity index (χ1) is 10.8. The second-order valence-electron chi connectivity index (χ2n) is 5.46. The van der Waals surface area contributed by atoms with Crippen LogP contribution in [0.5, 0.6) is 0 Å². The molecule has 0 radical (unpaired) electrons. The van der Waals surface area contributed by atoms with E-state index in [-0.39, 0.29) is 5.91 Å².